The molecule has 2 heterocycles. The lowest BCUT2D eigenvalue weighted by Crippen LogP contribution is -2.35. The molecule has 5 heteroatoms. The minimum Gasteiger partial charge on any atom is -0.314 e. The van der Waals surface area contributed by atoms with E-state index in [4.69, 9.17) is 0 Å². The van der Waals surface area contributed by atoms with Crippen LogP contribution in [0, 0.1) is 0 Å². The van der Waals surface area contributed by atoms with Crippen molar-refractivity contribution in [2.75, 3.05) is 6.54 Å². The molecule has 0 spiro atoms. The second-order valence-corrected chi connectivity index (χ2v) is 4.04. The number of hydrogen-bond acceptors (Lipinski definition) is 3. The molecule has 2 N–H and O–H groups in total. The fraction of sp³-hybridized carbons (Fsp3) is 0.800. The van der Waals surface area contributed by atoms with Crippen LogP contribution in [-0.4, -0.2) is 27.4 Å². The van der Waals surface area contributed by atoms with Crippen molar-refractivity contribution in [1.82, 2.24) is 20.1 Å². The molecular weight excluding hydrogens is 192 g/mol. The Hall–Kier alpha value is -1.10. The summed E-state index contributed by atoms with van der Waals surface area (Å²) in [5.41, 5.74) is -0.0942. The van der Waals surface area contributed by atoms with E-state index in [9.17, 15) is 4.79 Å². The minimum atomic E-state index is -0.0942. The van der Waals surface area contributed by atoms with Gasteiger partial charge in [-0.3, -0.25) is 4.98 Å². The highest BCUT2D eigenvalue weighted by atomic mass is 16.1. The third-order valence-electron chi connectivity index (χ3n) is 2.88. The highest BCUT2D eigenvalue weighted by Gasteiger charge is 2.15. The maximum absolute atomic E-state index is 11.3. The molecule has 5 nitrogen and oxygen atoms in total. The Kier molecular flexibility index (Phi) is 3.20. The van der Waals surface area contributed by atoms with Gasteiger partial charge in [-0.15, -0.1) is 0 Å². The average Bonchev–Trinajstić information content (AvgIpc) is 2.60. The smallest absolute Gasteiger partial charge is 0.314 e. The fourth-order valence-corrected chi connectivity index (χ4v) is 2.04. The Morgan fingerprint density at radius 3 is 3.00 bits per heavy atom. The van der Waals surface area contributed by atoms with Gasteiger partial charge in [0.05, 0.1) is 0 Å². The highest BCUT2D eigenvalue weighted by molar-refractivity contribution is 4.89. The third-order valence-corrected chi connectivity index (χ3v) is 2.88. The minimum absolute atomic E-state index is 0.0942. The van der Waals surface area contributed by atoms with Crippen molar-refractivity contribution in [2.45, 2.75) is 45.2 Å². The molecule has 0 radical (unpaired) electrons. The summed E-state index contributed by atoms with van der Waals surface area (Å²) in [6, 6.07) is 0.481. The number of H-pyrrole nitrogens is 1. The van der Waals surface area contributed by atoms with Crippen molar-refractivity contribution in [3.05, 3.63) is 16.3 Å². The number of aromatic amines is 1. The van der Waals surface area contributed by atoms with Gasteiger partial charge < -0.3 is 5.32 Å². The van der Waals surface area contributed by atoms with E-state index in [0.717, 1.165) is 18.8 Å². The fourth-order valence-electron chi connectivity index (χ4n) is 2.04. The van der Waals surface area contributed by atoms with E-state index >= 15 is 0 Å². The van der Waals surface area contributed by atoms with Gasteiger partial charge in [-0.05, 0) is 26.3 Å². The van der Waals surface area contributed by atoms with Gasteiger partial charge in [-0.1, -0.05) is 6.42 Å². The van der Waals surface area contributed by atoms with Crippen molar-refractivity contribution < 1.29 is 0 Å². The Balaban J connectivity index is 2.00. The van der Waals surface area contributed by atoms with Crippen LogP contribution in [0.3, 0.4) is 0 Å². The molecule has 1 aliphatic rings. The lowest BCUT2D eigenvalue weighted by Gasteiger charge is -2.22. The van der Waals surface area contributed by atoms with E-state index < -0.39 is 0 Å². The van der Waals surface area contributed by atoms with E-state index in [-0.39, 0.29) is 5.69 Å². The quantitative estimate of drug-likeness (QED) is 0.753. The van der Waals surface area contributed by atoms with Gasteiger partial charge in [0.25, 0.3) is 0 Å². The first-order valence-corrected chi connectivity index (χ1v) is 5.69. The summed E-state index contributed by atoms with van der Waals surface area (Å²) < 4.78 is 1.47. The van der Waals surface area contributed by atoms with E-state index in [1.807, 2.05) is 6.92 Å². The Labute approximate surface area is 88.9 Å². The first-order valence-electron chi connectivity index (χ1n) is 5.69. The maximum atomic E-state index is 11.3. The summed E-state index contributed by atoms with van der Waals surface area (Å²) in [6.45, 7) is 3.64. The molecule has 1 unspecified atom stereocenters. The summed E-state index contributed by atoms with van der Waals surface area (Å²) >= 11 is 0. The van der Waals surface area contributed by atoms with Crippen LogP contribution in [-0.2, 0) is 13.0 Å². The first-order chi connectivity index (χ1) is 7.29. The summed E-state index contributed by atoms with van der Waals surface area (Å²) in [5.74, 6) is 0.807. The van der Waals surface area contributed by atoms with Crippen LogP contribution in [0.4, 0.5) is 0 Å². The van der Waals surface area contributed by atoms with Crippen LogP contribution in [0.1, 0.15) is 32.0 Å². The predicted octanol–water partition coefficient (Wildman–Crippen LogP) is 0.276. The lowest BCUT2D eigenvalue weighted by molar-refractivity contribution is 0.393. The van der Waals surface area contributed by atoms with Gasteiger partial charge in [0.15, 0.2) is 0 Å². The predicted molar refractivity (Wildman–Crippen MR) is 57.9 cm³/mol. The molecule has 1 saturated heterocycles. The number of aryl methyl sites for hydroxylation is 1. The second kappa shape index (κ2) is 4.61. The first kappa shape index (κ1) is 10.4. The highest BCUT2D eigenvalue weighted by Crippen LogP contribution is 2.09. The van der Waals surface area contributed by atoms with Gasteiger partial charge in [-0.2, -0.15) is 5.10 Å². The largest absolute Gasteiger partial charge is 0.343 e. The standard InChI is InChI=1S/C10H18N4O/c1-2-14-10(15)12-9(13-14)7-8-5-3-4-6-11-8/h8,11H,2-7H2,1H3,(H,12,13,15). The van der Waals surface area contributed by atoms with Crippen molar-refractivity contribution in [2.24, 2.45) is 0 Å². The van der Waals surface area contributed by atoms with Crippen molar-refractivity contribution in [3.63, 3.8) is 0 Å². The molecule has 0 aromatic carbocycles. The normalized spacial score (nSPS) is 21.8. The van der Waals surface area contributed by atoms with Crippen LogP contribution in [0.25, 0.3) is 0 Å². The number of piperidine rings is 1. The van der Waals surface area contributed by atoms with Gasteiger partial charge in [-0.25, -0.2) is 9.48 Å². The number of rotatable bonds is 3. The molecule has 1 aliphatic heterocycles. The Bertz CT molecular complexity index is 362. The molecule has 0 saturated carbocycles. The van der Waals surface area contributed by atoms with E-state index in [0.29, 0.717) is 12.6 Å². The molecule has 84 valence electrons. The lowest BCUT2D eigenvalue weighted by atomic mass is 10.0. The molecule has 0 amide bonds. The molecule has 0 aliphatic carbocycles. The molecule has 0 bridgehead atoms. The molecule has 1 fully saturated rings. The van der Waals surface area contributed by atoms with E-state index in [1.165, 1.54) is 23.9 Å². The molecular formula is C10H18N4O. The molecule has 1 atom stereocenters. The van der Waals surface area contributed by atoms with Crippen molar-refractivity contribution in [1.29, 1.82) is 0 Å². The Morgan fingerprint density at radius 2 is 2.40 bits per heavy atom. The van der Waals surface area contributed by atoms with Crippen molar-refractivity contribution >= 4 is 0 Å². The number of nitrogens with one attached hydrogen (secondary N) is 2. The zero-order chi connectivity index (χ0) is 10.7. The average molecular weight is 210 g/mol. The van der Waals surface area contributed by atoms with Crippen molar-refractivity contribution in [3.8, 4) is 0 Å². The molecule has 1 aromatic rings. The zero-order valence-corrected chi connectivity index (χ0v) is 9.12. The molecule has 15 heavy (non-hydrogen) atoms. The maximum Gasteiger partial charge on any atom is 0.343 e. The Morgan fingerprint density at radius 1 is 1.53 bits per heavy atom. The SMILES string of the molecule is CCn1nc(CC2CCCCN2)[nH]c1=O. The van der Waals surface area contributed by atoms with Gasteiger partial charge in [0.1, 0.15) is 5.82 Å². The van der Waals surface area contributed by atoms with E-state index in [1.54, 1.807) is 0 Å². The number of aromatic nitrogens is 3. The summed E-state index contributed by atoms with van der Waals surface area (Å²) in [6.07, 6.45) is 4.55. The van der Waals surface area contributed by atoms with E-state index in [2.05, 4.69) is 15.4 Å². The van der Waals surface area contributed by atoms with Gasteiger partial charge >= 0.3 is 5.69 Å². The van der Waals surface area contributed by atoms with Crippen LogP contribution in [0.15, 0.2) is 4.79 Å². The summed E-state index contributed by atoms with van der Waals surface area (Å²) in [7, 11) is 0. The van der Waals surface area contributed by atoms with Crippen LogP contribution < -0.4 is 11.0 Å². The van der Waals surface area contributed by atoms with Crippen LogP contribution in [0.2, 0.25) is 0 Å². The number of hydrogen-bond donors (Lipinski definition) is 2. The molecule has 2 rings (SSSR count). The summed E-state index contributed by atoms with van der Waals surface area (Å²) in [4.78, 5) is 14.1. The summed E-state index contributed by atoms with van der Waals surface area (Å²) in [5, 5.41) is 7.67. The van der Waals surface area contributed by atoms with Gasteiger partial charge in [0, 0.05) is 19.0 Å². The monoisotopic (exact) mass is 210 g/mol. The van der Waals surface area contributed by atoms with Gasteiger partial charge in [0.2, 0.25) is 0 Å². The number of nitrogens with zero attached hydrogens (tertiary/aromatic N) is 2. The van der Waals surface area contributed by atoms with Crippen LogP contribution >= 0.6 is 0 Å². The second-order valence-electron chi connectivity index (χ2n) is 4.04. The molecule has 1 aromatic heterocycles. The zero-order valence-electron chi connectivity index (χ0n) is 9.12. The third kappa shape index (κ3) is 2.47. The topological polar surface area (TPSA) is 62.7 Å². The van der Waals surface area contributed by atoms with Crippen LogP contribution in [0.5, 0.6) is 0 Å².